The quantitative estimate of drug-likeness (QED) is 0.789. The van der Waals surface area contributed by atoms with Crippen LogP contribution in [0.3, 0.4) is 0 Å². The first-order valence-corrected chi connectivity index (χ1v) is 10.1. The first kappa shape index (κ1) is 17.9. The van der Waals surface area contributed by atoms with Crippen LogP contribution in [0.1, 0.15) is 43.4 Å². The molecule has 4 rings (SSSR count). The molecule has 1 atom stereocenters. The zero-order valence-corrected chi connectivity index (χ0v) is 15.8. The Balaban J connectivity index is 1.28. The molecule has 1 saturated heterocycles. The summed E-state index contributed by atoms with van der Waals surface area (Å²) in [5.41, 5.74) is 2.27. The van der Waals surface area contributed by atoms with Gasteiger partial charge >= 0.3 is 0 Å². The number of amides is 1. The average Bonchev–Trinajstić information content (AvgIpc) is 3.24. The lowest BCUT2D eigenvalue weighted by molar-refractivity contribution is -0.125. The lowest BCUT2D eigenvalue weighted by atomic mass is 9.86. The van der Waals surface area contributed by atoms with Crippen molar-refractivity contribution in [2.45, 2.75) is 51.5 Å². The van der Waals surface area contributed by atoms with Gasteiger partial charge in [0.1, 0.15) is 0 Å². The van der Waals surface area contributed by atoms with Crippen molar-refractivity contribution >= 4 is 11.9 Å². The van der Waals surface area contributed by atoms with E-state index in [1.807, 2.05) is 23.1 Å². The topological polar surface area (TPSA) is 75.9 Å². The van der Waals surface area contributed by atoms with Crippen molar-refractivity contribution in [1.82, 2.24) is 25.1 Å². The largest absolute Gasteiger partial charge is 0.356 e. The Labute approximate surface area is 160 Å². The summed E-state index contributed by atoms with van der Waals surface area (Å²) in [4.78, 5) is 24.2. The van der Waals surface area contributed by atoms with Crippen molar-refractivity contribution in [1.29, 1.82) is 0 Å². The van der Waals surface area contributed by atoms with Crippen molar-refractivity contribution in [3.63, 3.8) is 0 Å². The van der Waals surface area contributed by atoms with Crippen LogP contribution in [-0.2, 0) is 24.2 Å². The van der Waals surface area contributed by atoms with Gasteiger partial charge in [0.2, 0.25) is 11.9 Å². The minimum absolute atomic E-state index is 0.0339. The Hall–Kier alpha value is -2.44. The van der Waals surface area contributed by atoms with E-state index in [-0.39, 0.29) is 11.8 Å². The Kier molecular flexibility index (Phi) is 5.65. The molecule has 0 bridgehead atoms. The number of nitrogens with one attached hydrogen (secondary N) is 1. The van der Waals surface area contributed by atoms with Gasteiger partial charge in [0.25, 0.3) is 0 Å². The lowest BCUT2D eigenvalue weighted by Crippen LogP contribution is -2.36. The smallest absolute Gasteiger partial charge is 0.225 e. The SMILES string of the molecule is O=C(NCCCn1cccn1)C1CCc2nc(N3CCCCC3)ncc2C1. The van der Waals surface area contributed by atoms with Gasteiger partial charge < -0.3 is 10.2 Å². The summed E-state index contributed by atoms with van der Waals surface area (Å²) >= 11 is 0. The second-order valence-electron chi connectivity index (χ2n) is 7.54. The highest BCUT2D eigenvalue weighted by Crippen LogP contribution is 2.26. The molecule has 0 saturated carbocycles. The molecule has 1 aliphatic carbocycles. The van der Waals surface area contributed by atoms with Crippen LogP contribution in [0.15, 0.2) is 24.7 Å². The second-order valence-corrected chi connectivity index (χ2v) is 7.54. The number of aryl methyl sites for hydroxylation is 2. The zero-order chi connectivity index (χ0) is 18.5. The highest BCUT2D eigenvalue weighted by molar-refractivity contribution is 5.79. The minimum Gasteiger partial charge on any atom is -0.356 e. The predicted molar refractivity (Wildman–Crippen MR) is 103 cm³/mol. The molecule has 0 spiro atoms. The fourth-order valence-corrected chi connectivity index (χ4v) is 4.00. The van der Waals surface area contributed by atoms with Gasteiger partial charge in [-0.05, 0) is 56.6 Å². The number of nitrogens with zero attached hydrogens (tertiary/aromatic N) is 5. The van der Waals surface area contributed by atoms with E-state index in [1.54, 1.807) is 6.20 Å². The monoisotopic (exact) mass is 368 g/mol. The minimum atomic E-state index is 0.0339. The van der Waals surface area contributed by atoms with E-state index in [0.29, 0.717) is 6.54 Å². The van der Waals surface area contributed by atoms with Gasteiger partial charge in [0.15, 0.2) is 0 Å². The number of piperidine rings is 1. The molecule has 27 heavy (non-hydrogen) atoms. The van der Waals surface area contributed by atoms with Crippen LogP contribution in [0, 0.1) is 5.92 Å². The molecule has 0 radical (unpaired) electrons. The number of carbonyl (C=O) groups excluding carboxylic acids is 1. The molecule has 7 heteroatoms. The number of rotatable bonds is 6. The van der Waals surface area contributed by atoms with Gasteiger partial charge in [-0.25, -0.2) is 9.97 Å². The van der Waals surface area contributed by atoms with Crippen LogP contribution >= 0.6 is 0 Å². The van der Waals surface area contributed by atoms with Crippen LogP contribution in [-0.4, -0.2) is 45.3 Å². The first-order chi connectivity index (χ1) is 13.3. The van der Waals surface area contributed by atoms with Crippen molar-refractivity contribution in [3.05, 3.63) is 35.9 Å². The summed E-state index contributed by atoms with van der Waals surface area (Å²) in [6.45, 7) is 3.63. The van der Waals surface area contributed by atoms with E-state index in [1.165, 1.54) is 19.3 Å². The van der Waals surface area contributed by atoms with E-state index >= 15 is 0 Å². The molecule has 144 valence electrons. The molecule has 7 nitrogen and oxygen atoms in total. The number of hydrogen-bond donors (Lipinski definition) is 1. The van der Waals surface area contributed by atoms with Gasteiger partial charge in [-0.3, -0.25) is 9.48 Å². The Morgan fingerprint density at radius 2 is 2.15 bits per heavy atom. The number of anilines is 1. The van der Waals surface area contributed by atoms with Crippen LogP contribution in [0.5, 0.6) is 0 Å². The Morgan fingerprint density at radius 1 is 1.26 bits per heavy atom. The molecule has 0 aromatic carbocycles. The van der Waals surface area contributed by atoms with Gasteiger partial charge in [0, 0.05) is 56.4 Å². The van der Waals surface area contributed by atoms with E-state index in [9.17, 15) is 4.79 Å². The summed E-state index contributed by atoms with van der Waals surface area (Å²) in [5, 5.41) is 7.25. The van der Waals surface area contributed by atoms with Crippen LogP contribution < -0.4 is 10.2 Å². The van der Waals surface area contributed by atoms with Gasteiger partial charge in [-0.2, -0.15) is 5.10 Å². The summed E-state index contributed by atoms with van der Waals surface area (Å²) < 4.78 is 1.89. The van der Waals surface area contributed by atoms with E-state index in [2.05, 4.69) is 20.3 Å². The van der Waals surface area contributed by atoms with Crippen LogP contribution in [0.25, 0.3) is 0 Å². The number of fused-ring (bicyclic) bond motifs is 1. The Morgan fingerprint density at radius 3 is 2.96 bits per heavy atom. The third kappa shape index (κ3) is 4.46. The molecule has 2 aromatic heterocycles. The molecule has 2 aromatic rings. The van der Waals surface area contributed by atoms with E-state index in [0.717, 1.165) is 62.5 Å². The summed E-state index contributed by atoms with van der Waals surface area (Å²) in [6, 6.07) is 1.91. The van der Waals surface area contributed by atoms with Crippen LogP contribution in [0.2, 0.25) is 0 Å². The predicted octanol–water partition coefficient (Wildman–Crippen LogP) is 1.97. The second kappa shape index (κ2) is 8.50. The maximum Gasteiger partial charge on any atom is 0.225 e. The molecule has 1 unspecified atom stereocenters. The fourth-order valence-electron chi connectivity index (χ4n) is 4.00. The molecular weight excluding hydrogens is 340 g/mol. The van der Waals surface area contributed by atoms with Crippen molar-refractivity contribution in [2.24, 2.45) is 5.92 Å². The number of carbonyl (C=O) groups is 1. The molecule has 2 aliphatic rings. The Bertz CT molecular complexity index is 754. The zero-order valence-electron chi connectivity index (χ0n) is 15.8. The summed E-state index contributed by atoms with van der Waals surface area (Å²) in [5.74, 6) is 1.06. The van der Waals surface area contributed by atoms with Crippen molar-refractivity contribution in [2.75, 3.05) is 24.5 Å². The van der Waals surface area contributed by atoms with Gasteiger partial charge in [0.05, 0.1) is 0 Å². The standard InChI is InChI=1S/C20H28N6O/c27-19(21-8-4-12-26-13-5-9-23-26)16-6-7-18-17(14-16)15-22-20(24-18)25-10-2-1-3-11-25/h5,9,13,15-16H,1-4,6-8,10-12,14H2,(H,21,27). The summed E-state index contributed by atoms with van der Waals surface area (Å²) in [7, 11) is 0. The molecular formula is C20H28N6O. The van der Waals surface area contributed by atoms with Crippen LogP contribution in [0.4, 0.5) is 5.95 Å². The molecule has 1 aliphatic heterocycles. The van der Waals surface area contributed by atoms with E-state index < -0.39 is 0 Å². The van der Waals surface area contributed by atoms with Crippen molar-refractivity contribution in [3.8, 4) is 0 Å². The highest BCUT2D eigenvalue weighted by atomic mass is 16.1. The average molecular weight is 368 g/mol. The number of aromatic nitrogens is 4. The first-order valence-electron chi connectivity index (χ1n) is 10.1. The summed E-state index contributed by atoms with van der Waals surface area (Å²) in [6.07, 6.45) is 12.8. The molecule has 3 heterocycles. The molecule has 1 N–H and O–H groups in total. The van der Waals surface area contributed by atoms with Gasteiger partial charge in [-0.1, -0.05) is 0 Å². The number of hydrogen-bond acceptors (Lipinski definition) is 5. The maximum atomic E-state index is 12.5. The van der Waals surface area contributed by atoms with E-state index in [4.69, 9.17) is 4.98 Å². The maximum absolute atomic E-state index is 12.5. The molecule has 1 amide bonds. The van der Waals surface area contributed by atoms with Gasteiger partial charge in [-0.15, -0.1) is 0 Å². The lowest BCUT2D eigenvalue weighted by Gasteiger charge is -2.28. The normalized spacial score (nSPS) is 19.6. The molecule has 1 fully saturated rings. The fraction of sp³-hybridized carbons (Fsp3) is 0.600. The highest BCUT2D eigenvalue weighted by Gasteiger charge is 2.26. The third-order valence-corrected chi connectivity index (χ3v) is 5.57. The van der Waals surface area contributed by atoms with Crippen molar-refractivity contribution < 1.29 is 4.79 Å². The third-order valence-electron chi connectivity index (χ3n) is 5.57.